The normalized spacial score (nSPS) is 11.1. The van der Waals surface area contributed by atoms with Crippen molar-refractivity contribution in [2.75, 3.05) is 0 Å². The lowest BCUT2D eigenvalue weighted by molar-refractivity contribution is 0.370. The first-order valence-electron chi connectivity index (χ1n) is 8.79. The van der Waals surface area contributed by atoms with Gasteiger partial charge in [-0.15, -0.1) is 0 Å². The number of benzene rings is 2. The smallest absolute Gasteiger partial charge is 0.339 e. The van der Waals surface area contributed by atoms with Crippen LogP contribution in [-0.2, 0) is 13.0 Å². The lowest BCUT2D eigenvalue weighted by Gasteiger charge is -1.98. The molecule has 4 aromatic rings. The molecule has 0 fully saturated rings. The van der Waals surface area contributed by atoms with E-state index >= 15 is 0 Å². The second kappa shape index (κ2) is 7.55. The Morgan fingerprint density at radius 3 is 2.71 bits per heavy atom. The van der Waals surface area contributed by atoms with Gasteiger partial charge in [0.25, 0.3) is 0 Å². The second-order valence-electron chi connectivity index (χ2n) is 6.31. The second-order valence-corrected chi connectivity index (χ2v) is 6.31. The highest BCUT2D eigenvalue weighted by Crippen LogP contribution is 2.19. The molecule has 0 N–H and O–H groups in total. The summed E-state index contributed by atoms with van der Waals surface area (Å²) in [7, 11) is 0. The van der Waals surface area contributed by atoms with Gasteiger partial charge < -0.3 is 4.52 Å². The molecule has 0 bridgehead atoms. The first-order valence-corrected chi connectivity index (χ1v) is 8.79. The molecule has 0 spiro atoms. The molecule has 28 heavy (non-hydrogen) atoms. The van der Waals surface area contributed by atoms with Crippen molar-refractivity contribution in [3.63, 3.8) is 0 Å². The average Bonchev–Trinajstić information content (AvgIpc) is 3.32. The van der Waals surface area contributed by atoms with Crippen molar-refractivity contribution in [2.45, 2.75) is 26.3 Å². The maximum absolute atomic E-state index is 13.7. The number of halogens is 1. The van der Waals surface area contributed by atoms with Crippen molar-refractivity contribution >= 4 is 0 Å². The topological polar surface area (TPSA) is 91.6 Å². The zero-order valence-corrected chi connectivity index (χ0v) is 15.1. The molecule has 2 aromatic heterocycles. The van der Waals surface area contributed by atoms with Gasteiger partial charge in [-0.1, -0.05) is 35.5 Å². The molecule has 0 unspecified atom stereocenters. The Bertz CT molecular complexity index is 1150. The van der Waals surface area contributed by atoms with E-state index in [4.69, 9.17) is 4.52 Å². The summed E-state index contributed by atoms with van der Waals surface area (Å²) in [5.74, 6) is 0.435. The number of rotatable bonds is 6. The number of aryl methyl sites for hydroxylation is 3. The summed E-state index contributed by atoms with van der Waals surface area (Å²) in [4.78, 5) is 16.7. The van der Waals surface area contributed by atoms with Gasteiger partial charge in [-0.05, 0) is 47.5 Å². The van der Waals surface area contributed by atoms with Gasteiger partial charge in [-0.2, -0.15) is 14.3 Å². The highest BCUT2D eigenvalue weighted by atomic mass is 19.1. The molecule has 142 valence electrons. The first-order chi connectivity index (χ1) is 13.6. The summed E-state index contributed by atoms with van der Waals surface area (Å²) in [6.07, 6.45) is 1.03. The van der Waals surface area contributed by atoms with Crippen LogP contribution in [0.25, 0.3) is 17.1 Å². The summed E-state index contributed by atoms with van der Waals surface area (Å²) in [5, 5.41) is 11.7. The molecule has 0 saturated carbocycles. The minimum atomic E-state index is -0.315. The summed E-state index contributed by atoms with van der Waals surface area (Å²) in [5.41, 5.74) is 1.46. The Morgan fingerprint density at radius 2 is 1.93 bits per heavy atom. The molecular formula is C19H17FN6O2. The van der Waals surface area contributed by atoms with E-state index in [0.717, 1.165) is 0 Å². The van der Waals surface area contributed by atoms with Crippen molar-refractivity contribution in [2.24, 2.45) is 0 Å². The number of hydrogen-bond donors (Lipinski definition) is 0. The Kier molecular flexibility index (Phi) is 4.79. The third kappa shape index (κ3) is 3.59. The van der Waals surface area contributed by atoms with Crippen LogP contribution in [-0.4, -0.2) is 29.9 Å². The molecule has 4 rings (SSSR count). The van der Waals surface area contributed by atoms with Crippen LogP contribution < -0.4 is 5.69 Å². The summed E-state index contributed by atoms with van der Waals surface area (Å²) >= 11 is 0. The van der Waals surface area contributed by atoms with Crippen LogP contribution in [0, 0.1) is 12.7 Å². The van der Waals surface area contributed by atoms with Crippen molar-refractivity contribution in [3.8, 4) is 17.1 Å². The third-order valence-corrected chi connectivity index (χ3v) is 4.30. The molecular weight excluding hydrogens is 363 g/mol. The minimum absolute atomic E-state index is 0.312. The molecule has 0 aliphatic rings. The van der Waals surface area contributed by atoms with Crippen LogP contribution in [0.2, 0.25) is 0 Å². The molecule has 0 saturated heterocycles. The van der Waals surface area contributed by atoms with E-state index in [1.165, 1.54) is 15.4 Å². The van der Waals surface area contributed by atoms with Crippen LogP contribution in [0.3, 0.4) is 0 Å². The highest BCUT2D eigenvalue weighted by Gasteiger charge is 2.12. The zero-order chi connectivity index (χ0) is 19.5. The zero-order valence-electron chi connectivity index (χ0n) is 15.1. The maximum Gasteiger partial charge on any atom is 0.368 e. The fraction of sp³-hybridized carbons (Fsp3) is 0.211. The van der Waals surface area contributed by atoms with Gasteiger partial charge in [0.1, 0.15) is 5.82 Å². The molecule has 9 heteroatoms. The number of hydrogen-bond acceptors (Lipinski definition) is 6. The lowest BCUT2D eigenvalue weighted by atomic mass is 10.1. The minimum Gasteiger partial charge on any atom is -0.339 e. The highest BCUT2D eigenvalue weighted by molar-refractivity contribution is 5.54. The predicted octanol–water partition coefficient (Wildman–Crippen LogP) is 2.56. The first kappa shape index (κ1) is 17.8. The predicted molar refractivity (Wildman–Crippen MR) is 98.4 cm³/mol. The van der Waals surface area contributed by atoms with Gasteiger partial charge in [0.05, 0.1) is 5.69 Å². The van der Waals surface area contributed by atoms with Crippen molar-refractivity contribution < 1.29 is 8.91 Å². The molecule has 2 aromatic carbocycles. The van der Waals surface area contributed by atoms with E-state index in [-0.39, 0.29) is 11.5 Å². The summed E-state index contributed by atoms with van der Waals surface area (Å²) < 4.78 is 21.4. The van der Waals surface area contributed by atoms with Gasteiger partial charge in [0.15, 0.2) is 0 Å². The number of para-hydroxylation sites is 1. The van der Waals surface area contributed by atoms with Crippen molar-refractivity contribution in [1.29, 1.82) is 0 Å². The molecule has 8 nitrogen and oxygen atoms in total. The largest absolute Gasteiger partial charge is 0.368 e. The van der Waals surface area contributed by atoms with Crippen molar-refractivity contribution in [3.05, 3.63) is 76.3 Å². The van der Waals surface area contributed by atoms with Crippen LogP contribution in [0.5, 0.6) is 0 Å². The van der Waals surface area contributed by atoms with Gasteiger partial charge in [0, 0.05) is 18.5 Å². The van der Waals surface area contributed by atoms with E-state index in [9.17, 15) is 9.18 Å². The van der Waals surface area contributed by atoms with Crippen LogP contribution >= 0.6 is 0 Å². The average molecular weight is 380 g/mol. The summed E-state index contributed by atoms with van der Waals surface area (Å²) in [6.45, 7) is 2.05. The molecule has 0 atom stereocenters. The maximum atomic E-state index is 13.7. The fourth-order valence-corrected chi connectivity index (χ4v) is 2.73. The van der Waals surface area contributed by atoms with Gasteiger partial charge in [-0.3, -0.25) is 0 Å². The molecule has 0 aliphatic heterocycles. The molecule has 2 heterocycles. The third-order valence-electron chi connectivity index (χ3n) is 4.30. The Labute approximate surface area is 159 Å². The number of tetrazole rings is 1. The number of nitrogens with zero attached hydrogens (tertiary/aromatic N) is 6. The van der Waals surface area contributed by atoms with Crippen LogP contribution in [0.1, 0.15) is 17.9 Å². The monoisotopic (exact) mass is 380 g/mol. The van der Waals surface area contributed by atoms with Gasteiger partial charge in [0.2, 0.25) is 11.7 Å². The SMILES string of the molecule is Cc1ccc(-c2noc(CCCn3nnn(-c4ccccc4)c3=O)n2)cc1F. The van der Waals surface area contributed by atoms with Gasteiger partial charge >= 0.3 is 5.69 Å². The van der Waals surface area contributed by atoms with E-state index in [1.807, 2.05) is 18.2 Å². The van der Waals surface area contributed by atoms with E-state index in [2.05, 4.69) is 20.6 Å². The lowest BCUT2D eigenvalue weighted by Crippen LogP contribution is -2.24. The standard InChI is InChI=1S/C19H17FN6O2/c1-13-9-10-14(12-16(13)20)18-21-17(28-22-18)8-5-11-25-19(27)26(24-23-25)15-6-3-2-4-7-15/h2-4,6-7,9-10,12H,5,8,11H2,1H3. The van der Waals surface area contributed by atoms with E-state index < -0.39 is 0 Å². The van der Waals surface area contributed by atoms with Crippen molar-refractivity contribution in [1.82, 2.24) is 29.9 Å². The molecule has 0 aliphatic carbocycles. The van der Waals surface area contributed by atoms with Crippen LogP contribution in [0.4, 0.5) is 4.39 Å². The molecule has 0 radical (unpaired) electrons. The Hall–Kier alpha value is -3.62. The Balaban J connectivity index is 1.40. The summed E-state index contributed by atoms with van der Waals surface area (Å²) in [6, 6.07) is 13.9. The Morgan fingerprint density at radius 1 is 1.11 bits per heavy atom. The van der Waals surface area contributed by atoms with E-state index in [1.54, 1.807) is 31.2 Å². The van der Waals surface area contributed by atoms with Crippen LogP contribution in [0.15, 0.2) is 57.8 Å². The van der Waals surface area contributed by atoms with E-state index in [0.29, 0.717) is 47.9 Å². The number of aromatic nitrogens is 6. The van der Waals surface area contributed by atoms with Gasteiger partial charge in [-0.25, -0.2) is 9.18 Å². The fourth-order valence-electron chi connectivity index (χ4n) is 2.73. The molecule has 0 amide bonds. The quantitative estimate of drug-likeness (QED) is 0.510.